The number of benzene rings is 4. The molecule has 2 N–H and O–H groups in total. The van der Waals surface area contributed by atoms with Gasteiger partial charge in [0.05, 0.1) is 22.1 Å². The first-order valence-corrected chi connectivity index (χ1v) is 15.1. The fourth-order valence-electron chi connectivity index (χ4n) is 6.43. The number of carbonyl (C=O) groups is 2. The second-order valence-electron chi connectivity index (χ2n) is 12.0. The molecule has 0 saturated heterocycles. The van der Waals surface area contributed by atoms with Crippen LogP contribution in [0.1, 0.15) is 88.7 Å². The first-order valence-electron chi connectivity index (χ1n) is 15.1. The maximum Gasteiger partial charge on any atom is 0.336 e. The van der Waals surface area contributed by atoms with Crippen molar-refractivity contribution in [3.05, 3.63) is 125 Å². The lowest BCUT2D eigenvalue weighted by Crippen LogP contribution is -2.43. The fourth-order valence-corrected chi connectivity index (χ4v) is 6.43. The molecular formula is C37H37N3O3. The Balaban J connectivity index is 1.23. The van der Waals surface area contributed by atoms with E-state index in [-0.39, 0.29) is 17.0 Å². The molecule has 6 nitrogen and oxygen atoms in total. The summed E-state index contributed by atoms with van der Waals surface area (Å²) in [6, 6.07) is 29.5. The maximum atomic E-state index is 13.7. The standard InChI is InChI=1S/C37H37N3O3/c1-24(2)28-9-8-10-30(21-28)37(19-6-7-20-37)39-35(41)29-17-18-34-33(22-29)38-25(3)40(34)23-26-13-15-27(16-14-26)31-11-4-5-12-32(31)36(42)43/h4-5,8-18,21-22,24H,6-7,19-20,23H2,1-3H3,(H,39,41)(H,42,43). The van der Waals surface area contributed by atoms with E-state index < -0.39 is 5.97 Å². The number of rotatable bonds is 8. The van der Waals surface area contributed by atoms with E-state index in [0.717, 1.165) is 53.7 Å². The van der Waals surface area contributed by atoms with Crippen molar-refractivity contribution in [3.8, 4) is 11.1 Å². The van der Waals surface area contributed by atoms with E-state index in [1.165, 1.54) is 11.1 Å². The van der Waals surface area contributed by atoms with Gasteiger partial charge in [0.25, 0.3) is 5.91 Å². The number of carboxylic acid groups (broad SMARTS) is 1. The summed E-state index contributed by atoms with van der Waals surface area (Å²) in [5.74, 6) is 0.294. The molecule has 0 radical (unpaired) electrons. The van der Waals surface area contributed by atoms with E-state index >= 15 is 0 Å². The number of nitrogens with zero attached hydrogens (tertiary/aromatic N) is 2. The normalized spacial score (nSPS) is 14.3. The van der Waals surface area contributed by atoms with Crippen molar-refractivity contribution < 1.29 is 14.7 Å². The average Bonchev–Trinajstić information content (AvgIpc) is 3.61. The highest BCUT2D eigenvalue weighted by Gasteiger charge is 2.37. The Kier molecular flexibility index (Phi) is 7.61. The van der Waals surface area contributed by atoms with Gasteiger partial charge in [-0.1, -0.05) is 93.4 Å². The van der Waals surface area contributed by atoms with E-state index in [1.54, 1.807) is 12.1 Å². The first-order chi connectivity index (χ1) is 20.7. The molecule has 4 aromatic carbocycles. The van der Waals surface area contributed by atoms with Crippen LogP contribution >= 0.6 is 0 Å². The van der Waals surface area contributed by atoms with Crippen LogP contribution in [0.25, 0.3) is 22.2 Å². The zero-order valence-corrected chi connectivity index (χ0v) is 24.9. The Morgan fingerprint density at radius 2 is 1.67 bits per heavy atom. The quantitative estimate of drug-likeness (QED) is 0.197. The summed E-state index contributed by atoms with van der Waals surface area (Å²) in [5.41, 5.74) is 7.44. The predicted octanol–water partition coefficient (Wildman–Crippen LogP) is 8.08. The Morgan fingerprint density at radius 1 is 0.930 bits per heavy atom. The molecule has 43 heavy (non-hydrogen) atoms. The number of hydrogen-bond donors (Lipinski definition) is 2. The van der Waals surface area contributed by atoms with Crippen LogP contribution in [-0.2, 0) is 12.1 Å². The van der Waals surface area contributed by atoms with Crippen molar-refractivity contribution in [2.75, 3.05) is 0 Å². The SMILES string of the molecule is Cc1nc2cc(C(=O)NC3(c4cccc(C(C)C)c4)CCCC3)ccc2n1Cc1ccc(-c2ccccc2C(=O)O)cc1. The first kappa shape index (κ1) is 28.4. The lowest BCUT2D eigenvalue weighted by atomic mass is 9.85. The van der Waals surface area contributed by atoms with Gasteiger partial charge in [-0.05, 0) is 77.8 Å². The van der Waals surface area contributed by atoms with E-state index in [9.17, 15) is 14.7 Å². The van der Waals surface area contributed by atoms with E-state index in [0.29, 0.717) is 23.6 Å². The molecular weight excluding hydrogens is 534 g/mol. The van der Waals surface area contributed by atoms with Gasteiger partial charge in [-0.15, -0.1) is 0 Å². The van der Waals surface area contributed by atoms with Crippen LogP contribution in [0.3, 0.4) is 0 Å². The Bertz CT molecular complexity index is 1810. The highest BCUT2D eigenvalue weighted by Crippen LogP contribution is 2.40. The minimum absolute atomic E-state index is 0.0665. The summed E-state index contributed by atoms with van der Waals surface area (Å²) in [7, 11) is 0. The summed E-state index contributed by atoms with van der Waals surface area (Å²) in [6.07, 6.45) is 4.08. The van der Waals surface area contributed by atoms with Gasteiger partial charge >= 0.3 is 5.97 Å². The molecule has 5 aromatic rings. The van der Waals surface area contributed by atoms with Crippen molar-refractivity contribution in [2.45, 2.75) is 64.5 Å². The molecule has 1 aliphatic rings. The number of fused-ring (bicyclic) bond motifs is 1. The summed E-state index contributed by atoms with van der Waals surface area (Å²) in [6.45, 7) is 6.99. The molecule has 1 fully saturated rings. The van der Waals surface area contributed by atoms with Gasteiger partial charge in [-0.3, -0.25) is 4.79 Å². The number of nitrogens with one attached hydrogen (secondary N) is 1. The zero-order valence-electron chi connectivity index (χ0n) is 24.9. The molecule has 1 saturated carbocycles. The monoisotopic (exact) mass is 571 g/mol. The van der Waals surface area contributed by atoms with Gasteiger partial charge in [0.15, 0.2) is 0 Å². The Labute approximate surface area is 252 Å². The topological polar surface area (TPSA) is 84.2 Å². The third-order valence-corrected chi connectivity index (χ3v) is 8.88. The number of aryl methyl sites for hydroxylation is 1. The van der Waals surface area contributed by atoms with Crippen LogP contribution in [-0.4, -0.2) is 26.5 Å². The van der Waals surface area contributed by atoms with Crippen LogP contribution in [0.4, 0.5) is 0 Å². The molecule has 0 bridgehead atoms. The van der Waals surface area contributed by atoms with Crippen LogP contribution in [0.15, 0.2) is 91.0 Å². The molecule has 1 heterocycles. The molecule has 218 valence electrons. The average molecular weight is 572 g/mol. The maximum absolute atomic E-state index is 13.7. The molecule has 1 amide bonds. The predicted molar refractivity (Wildman–Crippen MR) is 171 cm³/mol. The number of aromatic carboxylic acids is 1. The second kappa shape index (κ2) is 11.5. The summed E-state index contributed by atoms with van der Waals surface area (Å²) in [4.78, 5) is 30.1. The fraction of sp³-hybridized carbons (Fsp3) is 0.270. The molecule has 0 aliphatic heterocycles. The number of imidazole rings is 1. The lowest BCUT2D eigenvalue weighted by molar-refractivity contribution is 0.0697. The highest BCUT2D eigenvalue weighted by atomic mass is 16.4. The van der Waals surface area contributed by atoms with Crippen LogP contribution in [0.5, 0.6) is 0 Å². The minimum atomic E-state index is -0.938. The zero-order chi connectivity index (χ0) is 30.1. The van der Waals surface area contributed by atoms with Crippen molar-refractivity contribution in [3.63, 3.8) is 0 Å². The van der Waals surface area contributed by atoms with Gasteiger partial charge in [0.1, 0.15) is 5.82 Å². The van der Waals surface area contributed by atoms with Crippen molar-refractivity contribution in [1.29, 1.82) is 0 Å². The van der Waals surface area contributed by atoms with Gasteiger partial charge in [-0.2, -0.15) is 0 Å². The number of aromatic nitrogens is 2. The van der Waals surface area contributed by atoms with Gasteiger partial charge in [0, 0.05) is 12.1 Å². The van der Waals surface area contributed by atoms with Crippen LogP contribution < -0.4 is 5.32 Å². The van der Waals surface area contributed by atoms with E-state index in [2.05, 4.69) is 48.0 Å². The number of carboxylic acids is 1. The van der Waals surface area contributed by atoms with Gasteiger partial charge in [-0.25, -0.2) is 9.78 Å². The van der Waals surface area contributed by atoms with Gasteiger partial charge in [0.2, 0.25) is 0 Å². The molecule has 1 aliphatic carbocycles. The smallest absolute Gasteiger partial charge is 0.336 e. The molecule has 0 atom stereocenters. The molecule has 0 unspecified atom stereocenters. The molecule has 6 rings (SSSR count). The lowest BCUT2D eigenvalue weighted by Gasteiger charge is -2.32. The molecule has 6 heteroatoms. The summed E-state index contributed by atoms with van der Waals surface area (Å²) in [5, 5.41) is 13.0. The molecule has 0 spiro atoms. The highest BCUT2D eigenvalue weighted by molar-refractivity contribution is 5.98. The van der Waals surface area contributed by atoms with Crippen molar-refractivity contribution >= 4 is 22.9 Å². The Hall–Kier alpha value is -4.71. The number of amides is 1. The third-order valence-electron chi connectivity index (χ3n) is 8.88. The largest absolute Gasteiger partial charge is 0.478 e. The third kappa shape index (κ3) is 5.57. The van der Waals surface area contributed by atoms with Crippen LogP contribution in [0, 0.1) is 6.92 Å². The van der Waals surface area contributed by atoms with Crippen molar-refractivity contribution in [1.82, 2.24) is 14.9 Å². The second-order valence-corrected chi connectivity index (χ2v) is 12.0. The Morgan fingerprint density at radius 3 is 2.40 bits per heavy atom. The molecule has 1 aromatic heterocycles. The van der Waals surface area contributed by atoms with E-state index in [4.69, 9.17) is 4.98 Å². The summed E-state index contributed by atoms with van der Waals surface area (Å²) < 4.78 is 2.15. The van der Waals surface area contributed by atoms with Crippen molar-refractivity contribution in [2.24, 2.45) is 0 Å². The van der Waals surface area contributed by atoms with Crippen LogP contribution in [0.2, 0.25) is 0 Å². The van der Waals surface area contributed by atoms with Gasteiger partial charge < -0.3 is 15.0 Å². The summed E-state index contributed by atoms with van der Waals surface area (Å²) >= 11 is 0. The van der Waals surface area contributed by atoms with E-state index in [1.807, 2.05) is 61.5 Å². The number of carbonyl (C=O) groups excluding carboxylic acids is 1. The minimum Gasteiger partial charge on any atom is -0.478 e. The number of hydrogen-bond acceptors (Lipinski definition) is 3.